The Bertz CT molecular complexity index is 1310. The molecule has 6 heteroatoms. The molecule has 0 amide bonds. The molecular formula is C24H18ClN5. The molecule has 0 bridgehead atoms. The predicted molar refractivity (Wildman–Crippen MR) is 121 cm³/mol. The number of nitrogens with one attached hydrogen (secondary N) is 1. The molecule has 30 heavy (non-hydrogen) atoms. The van der Waals surface area contributed by atoms with Crippen molar-refractivity contribution in [3.63, 3.8) is 0 Å². The van der Waals surface area contributed by atoms with E-state index >= 15 is 0 Å². The molecule has 5 nitrogen and oxygen atoms in total. The van der Waals surface area contributed by atoms with Crippen LogP contribution in [0.4, 0.5) is 11.5 Å². The minimum Gasteiger partial charge on any atom is -0.340 e. The van der Waals surface area contributed by atoms with Crippen LogP contribution in [0.25, 0.3) is 22.0 Å². The molecule has 0 aliphatic rings. The molecule has 0 atom stereocenters. The number of rotatable bonds is 5. The summed E-state index contributed by atoms with van der Waals surface area (Å²) in [6.45, 7) is 0.700. The summed E-state index contributed by atoms with van der Waals surface area (Å²) in [7, 11) is 0. The number of hydrogen-bond donors (Lipinski definition) is 1. The van der Waals surface area contributed by atoms with Crippen LogP contribution < -0.4 is 5.32 Å². The van der Waals surface area contributed by atoms with Crippen molar-refractivity contribution in [3.05, 3.63) is 102 Å². The van der Waals surface area contributed by atoms with Crippen LogP contribution in [0.2, 0.25) is 5.02 Å². The number of nitrogens with zero attached hydrogens (tertiary/aromatic N) is 4. The van der Waals surface area contributed by atoms with E-state index in [4.69, 9.17) is 11.6 Å². The number of benzene rings is 3. The fraction of sp³-hybridized carbons (Fsp3) is 0.0417. The smallest absolute Gasteiger partial charge is 0.134 e. The van der Waals surface area contributed by atoms with Gasteiger partial charge in [0.1, 0.15) is 12.1 Å². The highest BCUT2D eigenvalue weighted by Crippen LogP contribution is 2.22. The molecule has 0 saturated carbocycles. The summed E-state index contributed by atoms with van der Waals surface area (Å²) in [5.41, 5.74) is 3.87. The normalized spacial score (nSPS) is 11.0. The van der Waals surface area contributed by atoms with Crippen molar-refractivity contribution >= 4 is 33.9 Å². The Morgan fingerprint density at radius 1 is 0.867 bits per heavy atom. The zero-order chi connectivity index (χ0) is 20.3. The van der Waals surface area contributed by atoms with Crippen LogP contribution in [0.3, 0.4) is 0 Å². The number of aromatic nitrogens is 4. The van der Waals surface area contributed by atoms with Gasteiger partial charge in [0, 0.05) is 28.5 Å². The van der Waals surface area contributed by atoms with E-state index in [2.05, 4.69) is 62.8 Å². The third kappa shape index (κ3) is 4.02. The van der Waals surface area contributed by atoms with Gasteiger partial charge in [0.05, 0.1) is 18.4 Å². The summed E-state index contributed by atoms with van der Waals surface area (Å²) < 4.78 is 1.92. The second-order valence-electron chi connectivity index (χ2n) is 7.03. The summed E-state index contributed by atoms with van der Waals surface area (Å²) in [5.74, 6) is 0.713. The molecule has 0 aliphatic carbocycles. The zero-order valence-electron chi connectivity index (χ0n) is 16.0. The fourth-order valence-electron chi connectivity index (χ4n) is 3.37. The quantitative estimate of drug-likeness (QED) is 0.389. The van der Waals surface area contributed by atoms with Gasteiger partial charge in [-0.3, -0.25) is 4.68 Å². The molecule has 3 aromatic carbocycles. The van der Waals surface area contributed by atoms with Gasteiger partial charge >= 0.3 is 0 Å². The average Bonchev–Trinajstić information content (AvgIpc) is 3.24. The second-order valence-corrected chi connectivity index (χ2v) is 7.46. The molecule has 1 N–H and O–H groups in total. The van der Waals surface area contributed by atoms with Gasteiger partial charge in [0.2, 0.25) is 0 Å². The Hall–Kier alpha value is -3.70. The summed E-state index contributed by atoms with van der Waals surface area (Å²) in [6.07, 6.45) is 5.38. The van der Waals surface area contributed by atoms with Crippen molar-refractivity contribution in [1.82, 2.24) is 19.7 Å². The third-order valence-electron chi connectivity index (χ3n) is 4.87. The molecule has 2 aromatic heterocycles. The van der Waals surface area contributed by atoms with E-state index in [1.807, 2.05) is 47.4 Å². The highest BCUT2D eigenvalue weighted by atomic mass is 35.5. The summed E-state index contributed by atoms with van der Waals surface area (Å²) in [4.78, 5) is 8.70. The van der Waals surface area contributed by atoms with Gasteiger partial charge in [0.15, 0.2) is 0 Å². The Morgan fingerprint density at radius 3 is 2.57 bits per heavy atom. The minimum absolute atomic E-state index is 0.697. The lowest BCUT2D eigenvalue weighted by Crippen LogP contribution is -1.99. The molecule has 0 saturated heterocycles. The van der Waals surface area contributed by atoms with Gasteiger partial charge in [-0.25, -0.2) is 9.97 Å². The van der Waals surface area contributed by atoms with Gasteiger partial charge in [-0.15, -0.1) is 0 Å². The van der Waals surface area contributed by atoms with Crippen molar-refractivity contribution < 1.29 is 0 Å². The van der Waals surface area contributed by atoms with Crippen LogP contribution in [0.15, 0.2) is 91.5 Å². The van der Waals surface area contributed by atoms with Gasteiger partial charge in [0.25, 0.3) is 0 Å². The van der Waals surface area contributed by atoms with E-state index in [-0.39, 0.29) is 0 Å². The first kappa shape index (κ1) is 18.3. The monoisotopic (exact) mass is 411 g/mol. The maximum absolute atomic E-state index is 5.95. The molecule has 0 aliphatic heterocycles. The molecule has 2 heterocycles. The van der Waals surface area contributed by atoms with Crippen LogP contribution in [0, 0.1) is 0 Å². The highest BCUT2D eigenvalue weighted by molar-refractivity contribution is 6.30. The van der Waals surface area contributed by atoms with Crippen molar-refractivity contribution in [2.75, 3.05) is 5.32 Å². The first-order valence-corrected chi connectivity index (χ1v) is 9.96. The highest BCUT2D eigenvalue weighted by Gasteiger charge is 2.07. The van der Waals surface area contributed by atoms with E-state index in [0.717, 1.165) is 16.9 Å². The standard InChI is InChI=1S/C24H18ClN5/c25-21-7-9-22(10-8-21)29-24-12-23(26-16-27-24)20-13-28-30(15-20)14-17-5-6-18-3-1-2-4-19(18)11-17/h1-13,15-16H,14H2,(H,26,27,29). The topological polar surface area (TPSA) is 55.6 Å². The van der Waals surface area contributed by atoms with Crippen LogP contribution in [0.5, 0.6) is 0 Å². The van der Waals surface area contributed by atoms with Crippen LogP contribution >= 0.6 is 11.6 Å². The van der Waals surface area contributed by atoms with Crippen LogP contribution in [0.1, 0.15) is 5.56 Å². The van der Waals surface area contributed by atoms with Gasteiger partial charge in [-0.1, -0.05) is 48.0 Å². The number of anilines is 2. The molecule has 146 valence electrons. The molecule has 5 rings (SSSR count). The molecular weight excluding hydrogens is 394 g/mol. The number of hydrogen-bond acceptors (Lipinski definition) is 4. The van der Waals surface area contributed by atoms with Crippen molar-refractivity contribution in [3.8, 4) is 11.3 Å². The maximum atomic E-state index is 5.95. The first-order valence-electron chi connectivity index (χ1n) is 9.58. The lowest BCUT2D eigenvalue weighted by Gasteiger charge is -2.06. The van der Waals surface area contributed by atoms with E-state index < -0.39 is 0 Å². The second kappa shape index (κ2) is 7.97. The van der Waals surface area contributed by atoms with Crippen molar-refractivity contribution in [1.29, 1.82) is 0 Å². The molecule has 0 fully saturated rings. The molecule has 0 radical (unpaired) electrons. The van der Waals surface area contributed by atoms with Gasteiger partial charge in [-0.2, -0.15) is 5.10 Å². The fourth-order valence-corrected chi connectivity index (χ4v) is 3.50. The van der Waals surface area contributed by atoms with Crippen LogP contribution in [-0.2, 0) is 6.54 Å². The Balaban J connectivity index is 1.35. The van der Waals surface area contributed by atoms with E-state index in [9.17, 15) is 0 Å². The molecule has 5 aromatic rings. The largest absolute Gasteiger partial charge is 0.340 e. The van der Waals surface area contributed by atoms with Crippen molar-refractivity contribution in [2.24, 2.45) is 0 Å². The zero-order valence-corrected chi connectivity index (χ0v) is 16.8. The number of fused-ring (bicyclic) bond motifs is 1. The van der Waals surface area contributed by atoms with Gasteiger partial charge < -0.3 is 5.32 Å². The van der Waals surface area contributed by atoms with Crippen LogP contribution in [-0.4, -0.2) is 19.7 Å². The maximum Gasteiger partial charge on any atom is 0.134 e. The summed E-state index contributed by atoms with van der Waals surface area (Å²) in [6, 6.07) is 24.3. The van der Waals surface area contributed by atoms with Crippen molar-refractivity contribution in [2.45, 2.75) is 6.54 Å². The Labute approximate surface area is 179 Å². The van der Waals surface area contributed by atoms with E-state index in [1.165, 1.54) is 16.3 Å². The summed E-state index contributed by atoms with van der Waals surface area (Å²) >= 11 is 5.95. The van der Waals surface area contributed by atoms with E-state index in [1.54, 1.807) is 6.33 Å². The summed E-state index contributed by atoms with van der Waals surface area (Å²) in [5, 5.41) is 10.9. The van der Waals surface area contributed by atoms with E-state index in [0.29, 0.717) is 17.4 Å². The third-order valence-corrected chi connectivity index (χ3v) is 5.12. The lowest BCUT2D eigenvalue weighted by atomic mass is 10.1. The average molecular weight is 412 g/mol. The molecule has 0 unspecified atom stereocenters. The van der Waals surface area contributed by atoms with Gasteiger partial charge in [-0.05, 0) is 46.7 Å². The lowest BCUT2D eigenvalue weighted by molar-refractivity contribution is 0.687. The SMILES string of the molecule is Clc1ccc(Nc2cc(-c3cnn(Cc4ccc5ccccc5c4)c3)ncn2)cc1. The molecule has 0 spiro atoms. The minimum atomic E-state index is 0.697. The Kier molecular flexibility index (Phi) is 4.87. The Morgan fingerprint density at radius 2 is 1.70 bits per heavy atom. The first-order chi connectivity index (χ1) is 14.7. The predicted octanol–water partition coefficient (Wildman–Crippen LogP) is 5.94. The number of halogens is 1.